The number of amides is 1. The lowest BCUT2D eigenvalue weighted by Crippen LogP contribution is -2.29. The van der Waals surface area contributed by atoms with Crippen LogP contribution in [0, 0.1) is 19.7 Å². The molecule has 1 atom stereocenters. The summed E-state index contributed by atoms with van der Waals surface area (Å²) in [5, 5.41) is 19.5. The van der Waals surface area contributed by atoms with Gasteiger partial charge in [0, 0.05) is 11.1 Å². The maximum atomic E-state index is 14.7. The second-order valence-corrected chi connectivity index (χ2v) is 7.82. The van der Waals surface area contributed by atoms with E-state index in [1.807, 2.05) is 6.92 Å². The van der Waals surface area contributed by atoms with Gasteiger partial charge in [-0.25, -0.2) is 4.39 Å². The van der Waals surface area contributed by atoms with Gasteiger partial charge in [-0.05, 0) is 19.9 Å². The smallest absolute Gasteiger partial charge is 0.301 e. The van der Waals surface area contributed by atoms with Crippen molar-refractivity contribution >= 4 is 33.9 Å². The highest BCUT2D eigenvalue weighted by molar-refractivity contribution is 7.15. The Bertz CT molecular complexity index is 1150. The number of ketones is 1. The second-order valence-electron chi connectivity index (χ2n) is 6.66. The van der Waals surface area contributed by atoms with Crippen molar-refractivity contribution in [2.75, 3.05) is 4.90 Å². The first kappa shape index (κ1) is 18.9. The molecule has 146 valence electrons. The van der Waals surface area contributed by atoms with Crippen molar-refractivity contribution in [2.45, 2.75) is 19.9 Å². The first-order valence-corrected chi connectivity index (χ1v) is 9.62. The van der Waals surface area contributed by atoms with Gasteiger partial charge in [0.15, 0.2) is 0 Å². The fraction of sp³-hybridized carbons (Fsp3) is 0.143. The molecule has 6 nitrogen and oxygen atoms in total. The molecule has 1 amide bonds. The summed E-state index contributed by atoms with van der Waals surface area (Å²) in [6.45, 7) is 3.60. The largest absolute Gasteiger partial charge is 0.507 e. The fourth-order valence-electron chi connectivity index (χ4n) is 3.27. The number of nitrogens with zero attached hydrogens (tertiary/aromatic N) is 3. The average molecular weight is 409 g/mol. The summed E-state index contributed by atoms with van der Waals surface area (Å²) in [5.74, 6) is -2.74. The Morgan fingerprint density at radius 3 is 2.38 bits per heavy atom. The van der Waals surface area contributed by atoms with E-state index in [4.69, 9.17) is 0 Å². The lowest BCUT2D eigenvalue weighted by atomic mass is 9.95. The molecule has 1 aromatic heterocycles. The van der Waals surface area contributed by atoms with E-state index in [2.05, 4.69) is 10.2 Å². The van der Waals surface area contributed by atoms with E-state index < -0.39 is 23.5 Å². The maximum absolute atomic E-state index is 14.7. The van der Waals surface area contributed by atoms with Crippen molar-refractivity contribution in [3.63, 3.8) is 0 Å². The lowest BCUT2D eigenvalue weighted by molar-refractivity contribution is -0.132. The predicted molar refractivity (Wildman–Crippen MR) is 107 cm³/mol. The van der Waals surface area contributed by atoms with E-state index in [0.29, 0.717) is 10.6 Å². The van der Waals surface area contributed by atoms with Crippen molar-refractivity contribution in [3.05, 3.63) is 81.6 Å². The summed E-state index contributed by atoms with van der Waals surface area (Å²) in [7, 11) is 0. The SMILES string of the molecule is Cc1ccc(C(O)=C2C(=O)C(=O)N(c3nnc(C)s3)C2c2ccccc2F)cc1. The van der Waals surface area contributed by atoms with E-state index in [1.165, 1.54) is 18.2 Å². The van der Waals surface area contributed by atoms with Crippen LogP contribution in [-0.2, 0) is 9.59 Å². The van der Waals surface area contributed by atoms with Gasteiger partial charge >= 0.3 is 5.91 Å². The van der Waals surface area contributed by atoms with E-state index in [0.717, 1.165) is 21.8 Å². The van der Waals surface area contributed by atoms with Gasteiger partial charge in [-0.15, -0.1) is 10.2 Å². The number of carbonyl (C=O) groups excluding carboxylic acids is 2. The van der Waals surface area contributed by atoms with Crippen molar-refractivity contribution in [2.24, 2.45) is 0 Å². The second kappa shape index (κ2) is 7.21. The van der Waals surface area contributed by atoms with Crippen LogP contribution in [0.25, 0.3) is 5.76 Å². The van der Waals surface area contributed by atoms with Gasteiger partial charge in [0.2, 0.25) is 5.13 Å². The number of Topliss-reactive ketones (excluding diaryl/α,β-unsaturated/α-hetero) is 1. The van der Waals surface area contributed by atoms with Gasteiger partial charge in [-0.1, -0.05) is 59.4 Å². The molecule has 0 spiro atoms. The van der Waals surface area contributed by atoms with Crippen LogP contribution in [0.5, 0.6) is 0 Å². The van der Waals surface area contributed by atoms with Crippen LogP contribution in [0.4, 0.5) is 9.52 Å². The molecule has 3 aromatic rings. The molecule has 1 saturated heterocycles. The van der Waals surface area contributed by atoms with Gasteiger partial charge in [-0.2, -0.15) is 0 Å². The molecule has 2 aromatic carbocycles. The number of hydrogen-bond donors (Lipinski definition) is 1. The molecule has 1 fully saturated rings. The third kappa shape index (κ3) is 3.21. The minimum absolute atomic E-state index is 0.0909. The number of aliphatic hydroxyl groups excluding tert-OH is 1. The highest BCUT2D eigenvalue weighted by Gasteiger charge is 2.49. The first-order valence-electron chi connectivity index (χ1n) is 8.81. The van der Waals surface area contributed by atoms with Gasteiger partial charge in [0.1, 0.15) is 22.6 Å². The van der Waals surface area contributed by atoms with Crippen LogP contribution < -0.4 is 4.90 Å². The van der Waals surface area contributed by atoms with Crippen LogP contribution in [0.15, 0.2) is 54.1 Å². The van der Waals surface area contributed by atoms with E-state index >= 15 is 0 Å². The van der Waals surface area contributed by atoms with Crippen LogP contribution in [0.2, 0.25) is 0 Å². The van der Waals surface area contributed by atoms with E-state index in [9.17, 15) is 19.1 Å². The minimum Gasteiger partial charge on any atom is -0.507 e. The Hall–Kier alpha value is -3.39. The summed E-state index contributed by atoms with van der Waals surface area (Å²) >= 11 is 1.11. The molecule has 1 N–H and O–H groups in total. The van der Waals surface area contributed by atoms with Crippen molar-refractivity contribution < 1.29 is 19.1 Å². The zero-order chi connectivity index (χ0) is 20.7. The van der Waals surface area contributed by atoms with Crippen LogP contribution in [0.3, 0.4) is 0 Å². The number of carbonyl (C=O) groups is 2. The number of aliphatic hydroxyl groups is 1. The average Bonchev–Trinajstić information content (AvgIpc) is 3.23. The number of halogens is 1. The minimum atomic E-state index is -1.15. The predicted octanol–water partition coefficient (Wildman–Crippen LogP) is 3.92. The number of aromatic nitrogens is 2. The molecule has 4 rings (SSSR count). The number of rotatable bonds is 3. The van der Waals surface area contributed by atoms with Crippen molar-refractivity contribution in [1.82, 2.24) is 10.2 Å². The molecule has 1 unspecified atom stereocenters. The quantitative estimate of drug-likeness (QED) is 0.403. The van der Waals surface area contributed by atoms with Crippen LogP contribution >= 0.6 is 11.3 Å². The zero-order valence-corrected chi connectivity index (χ0v) is 16.4. The molecule has 8 heteroatoms. The van der Waals surface area contributed by atoms with Crippen molar-refractivity contribution in [1.29, 1.82) is 0 Å². The molecule has 0 bridgehead atoms. The Kier molecular flexibility index (Phi) is 4.71. The maximum Gasteiger partial charge on any atom is 0.301 e. The Labute approximate surface area is 169 Å². The van der Waals surface area contributed by atoms with Gasteiger partial charge in [0.05, 0.1) is 5.57 Å². The molecular weight excluding hydrogens is 393 g/mol. The monoisotopic (exact) mass is 409 g/mol. The third-order valence-electron chi connectivity index (χ3n) is 4.69. The topological polar surface area (TPSA) is 83.4 Å². The van der Waals surface area contributed by atoms with Gasteiger partial charge < -0.3 is 5.11 Å². The number of hydrogen-bond acceptors (Lipinski definition) is 6. The molecular formula is C21H16FN3O3S. The first-order chi connectivity index (χ1) is 13.9. The molecule has 2 heterocycles. The van der Waals surface area contributed by atoms with E-state index in [-0.39, 0.29) is 22.0 Å². The fourth-order valence-corrected chi connectivity index (χ4v) is 3.99. The summed E-state index contributed by atoms with van der Waals surface area (Å²) < 4.78 is 14.7. The molecule has 1 aliphatic heterocycles. The molecule has 0 aliphatic carbocycles. The molecule has 0 saturated carbocycles. The van der Waals surface area contributed by atoms with Crippen LogP contribution in [-0.4, -0.2) is 27.0 Å². The third-order valence-corrected chi connectivity index (χ3v) is 5.53. The molecule has 29 heavy (non-hydrogen) atoms. The summed E-state index contributed by atoms with van der Waals surface area (Å²) in [6.07, 6.45) is 0. The standard InChI is InChI=1S/C21H16FN3O3S/c1-11-7-9-13(10-8-11)18(26)16-17(14-5-3-4-6-15(14)22)25(20(28)19(16)27)21-24-23-12(2)29-21/h3-10,17,26H,1-2H3. The van der Waals surface area contributed by atoms with Crippen LogP contribution in [0.1, 0.15) is 27.7 Å². The lowest BCUT2D eigenvalue weighted by Gasteiger charge is -2.22. The van der Waals surface area contributed by atoms with Gasteiger partial charge in [-0.3, -0.25) is 14.5 Å². The summed E-state index contributed by atoms with van der Waals surface area (Å²) in [5.41, 5.74) is 1.24. The Morgan fingerprint density at radius 2 is 1.76 bits per heavy atom. The van der Waals surface area contributed by atoms with E-state index in [1.54, 1.807) is 37.3 Å². The normalized spacial score (nSPS) is 18.4. The summed E-state index contributed by atoms with van der Waals surface area (Å²) in [4.78, 5) is 26.9. The number of aryl methyl sites for hydroxylation is 2. The Morgan fingerprint density at radius 1 is 1.07 bits per heavy atom. The highest BCUT2D eigenvalue weighted by atomic mass is 32.1. The molecule has 1 aliphatic rings. The Balaban J connectivity index is 1.97. The summed E-state index contributed by atoms with van der Waals surface area (Å²) in [6, 6.07) is 11.5. The van der Waals surface area contributed by atoms with Gasteiger partial charge in [0.25, 0.3) is 5.78 Å². The number of benzene rings is 2. The zero-order valence-electron chi connectivity index (χ0n) is 15.6. The number of anilines is 1. The molecule has 0 radical (unpaired) electrons. The highest BCUT2D eigenvalue weighted by Crippen LogP contribution is 2.43. The van der Waals surface area contributed by atoms with Crippen molar-refractivity contribution in [3.8, 4) is 0 Å².